The maximum atomic E-state index is 10.7. The Hall–Kier alpha value is 0.919. The van der Waals surface area contributed by atoms with Crippen molar-refractivity contribution in [1.82, 2.24) is 0 Å². The van der Waals surface area contributed by atoms with Gasteiger partial charge in [0.2, 0.25) is 0 Å². The molecule has 10 radical (unpaired) electrons. The van der Waals surface area contributed by atoms with Crippen molar-refractivity contribution < 1.29 is 21.9 Å². The van der Waals surface area contributed by atoms with E-state index in [0.717, 1.165) is 9.84 Å². The first-order chi connectivity index (χ1) is 6.72. The fraction of sp³-hybridized carbons (Fsp3) is 0.0833. The van der Waals surface area contributed by atoms with Gasteiger partial charge in [0.25, 0.3) is 0 Å². The first-order valence-electron chi connectivity index (χ1n) is 4.30. The Labute approximate surface area is 118 Å². The minimum atomic E-state index is 0. The predicted octanol–water partition coefficient (Wildman–Crippen LogP) is 2.76. The van der Waals surface area contributed by atoms with Crippen molar-refractivity contribution in [3.63, 3.8) is 0 Å². The molecule has 2 aliphatic rings. The van der Waals surface area contributed by atoms with E-state index in [1.165, 1.54) is 0 Å². The van der Waals surface area contributed by atoms with E-state index in [2.05, 4.69) is 22.6 Å². The Morgan fingerprint density at radius 2 is 1.47 bits per heavy atom. The quantitative estimate of drug-likeness (QED) is 0.523. The van der Waals surface area contributed by atoms with Crippen molar-refractivity contribution in [3.05, 3.63) is 61.2 Å². The molecule has 78 valence electrons. The molecule has 15 heavy (non-hydrogen) atoms. The molecule has 0 heterocycles. The standard InChI is InChI=1S/C7H6IO.C5H5.Fe/c1-5(9)6-3-2-4-7(6)8;1-2-4-5-3-1;/h2-4H,1H3;1-5H;/q;;+2. The van der Waals surface area contributed by atoms with E-state index in [-0.39, 0.29) is 22.9 Å². The summed E-state index contributed by atoms with van der Waals surface area (Å²) in [6, 6.07) is 0. The second-order valence-corrected chi connectivity index (χ2v) is 3.97. The molecule has 2 fully saturated rings. The van der Waals surface area contributed by atoms with Crippen LogP contribution in [-0.2, 0) is 21.9 Å². The van der Waals surface area contributed by atoms with E-state index >= 15 is 0 Å². The summed E-state index contributed by atoms with van der Waals surface area (Å²) in [4.78, 5) is 10.7. The van der Waals surface area contributed by atoms with Gasteiger partial charge in [0, 0.05) is 0 Å². The average Bonchev–Trinajstić information content (AvgIpc) is 2.74. The van der Waals surface area contributed by atoms with Crippen molar-refractivity contribution in [2.45, 2.75) is 6.92 Å². The summed E-state index contributed by atoms with van der Waals surface area (Å²) in [5.41, 5.74) is 0. The molecule has 0 aromatic rings. The van der Waals surface area contributed by atoms with Gasteiger partial charge in [0.15, 0.2) is 0 Å². The van der Waals surface area contributed by atoms with Gasteiger partial charge >= 0.3 is 17.1 Å². The zero-order valence-corrected chi connectivity index (χ0v) is 11.5. The van der Waals surface area contributed by atoms with E-state index < -0.39 is 0 Å². The number of Topliss-reactive ketones (excluding diaryl/α,β-unsaturated/α-hetero) is 1. The topological polar surface area (TPSA) is 17.1 Å². The van der Waals surface area contributed by atoms with Crippen LogP contribution in [0.1, 0.15) is 6.92 Å². The summed E-state index contributed by atoms with van der Waals surface area (Å²) in [7, 11) is 0. The summed E-state index contributed by atoms with van der Waals surface area (Å²) < 4.78 is 1.04. The molecule has 0 aromatic heterocycles. The summed E-state index contributed by atoms with van der Waals surface area (Å²) >= 11 is 2.15. The van der Waals surface area contributed by atoms with Crippen molar-refractivity contribution in [2.75, 3.05) is 0 Å². The Kier molecular flexibility index (Phi) is 9.55. The van der Waals surface area contributed by atoms with Crippen molar-refractivity contribution in [2.24, 2.45) is 0 Å². The minimum Gasteiger partial charge on any atom is -0.299 e. The first-order valence-corrected chi connectivity index (χ1v) is 5.38. The van der Waals surface area contributed by atoms with Crippen LogP contribution < -0.4 is 0 Å². The van der Waals surface area contributed by atoms with Gasteiger partial charge in [-0.1, -0.05) is 22.6 Å². The molecule has 2 rings (SSSR count). The van der Waals surface area contributed by atoms with E-state index in [1.54, 1.807) is 6.92 Å². The molecule has 3 heteroatoms. The molecule has 0 amide bonds. The molecule has 0 saturated heterocycles. The van der Waals surface area contributed by atoms with Crippen molar-refractivity contribution in [3.8, 4) is 0 Å². The van der Waals surface area contributed by atoms with Crippen LogP contribution in [-0.4, -0.2) is 5.78 Å². The second-order valence-electron chi connectivity index (χ2n) is 2.81. The number of ketones is 1. The second kappa shape index (κ2) is 9.00. The fourth-order valence-corrected chi connectivity index (χ4v) is 1.77. The van der Waals surface area contributed by atoms with Gasteiger partial charge < -0.3 is 0 Å². The van der Waals surface area contributed by atoms with Crippen LogP contribution in [0.15, 0.2) is 0 Å². The van der Waals surface area contributed by atoms with E-state index in [9.17, 15) is 4.79 Å². The van der Waals surface area contributed by atoms with E-state index in [4.69, 9.17) is 0 Å². The number of halogens is 1. The summed E-state index contributed by atoms with van der Waals surface area (Å²) in [5, 5.41) is 0. The van der Waals surface area contributed by atoms with Gasteiger partial charge in [-0.15, -0.1) is 0 Å². The van der Waals surface area contributed by atoms with Crippen LogP contribution in [0, 0.1) is 61.2 Å². The summed E-state index contributed by atoms with van der Waals surface area (Å²) in [6.45, 7) is 1.58. The zero-order chi connectivity index (χ0) is 10.4. The molecular weight excluding hydrogens is 343 g/mol. The van der Waals surface area contributed by atoms with Gasteiger partial charge in [-0.3, -0.25) is 4.79 Å². The maximum absolute atomic E-state index is 10.7. The van der Waals surface area contributed by atoms with Crippen molar-refractivity contribution in [1.29, 1.82) is 0 Å². The average molecular weight is 354 g/mol. The van der Waals surface area contributed by atoms with E-state index in [1.807, 2.05) is 51.4 Å². The van der Waals surface area contributed by atoms with Crippen LogP contribution in [0.5, 0.6) is 0 Å². The largest absolute Gasteiger partial charge is 2.00 e. The van der Waals surface area contributed by atoms with Crippen LogP contribution in [0.3, 0.4) is 0 Å². The van der Waals surface area contributed by atoms with Gasteiger partial charge in [0.1, 0.15) is 5.78 Å². The Bertz CT molecular complexity index is 173. The molecule has 0 atom stereocenters. The third-order valence-electron chi connectivity index (χ3n) is 1.70. The molecule has 0 aromatic carbocycles. The van der Waals surface area contributed by atoms with Gasteiger partial charge in [-0.05, 0) is 58.3 Å². The first kappa shape index (κ1) is 15.9. The minimum absolute atomic E-state index is 0. The fourth-order valence-electron chi connectivity index (χ4n) is 1.00. The smallest absolute Gasteiger partial charge is 0.299 e. The predicted molar refractivity (Wildman–Crippen MR) is 65.6 cm³/mol. The Morgan fingerprint density at radius 3 is 1.67 bits per heavy atom. The van der Waals surface area contributed by atoms with Crippen LogP contribution in [0.4, 0.5) is 0 Å². The number of hydrogen-bond acceptors (Lipinski definition) is 1. The third-order valence-corrected chi connectivity index (χ3v) is 2.64. The van der Waals surface area contributed by atoms with Gasteiger partial charge in [-0.2, -0.15) is 0 Å². The molecule has 1 nitrogen and oxygen atoms in total. The molecule has 0 bridgehead atoms. The Morgan fingerprint density at radius 1 is 1.00 bits per heavy atom. The molecule has 0 unspecified atom stereocenters. The van der Waals surface area contributed by atoms with Crippen molar-refractivity contribution >= 4 is 28.4 Å². The van der Waals surface area contributed by atoms with Crippen LogP contribution in [0.2, 0.25) is 0 Å². The number of rotatable bonds is 1. The van der Waals surface area contributed by atoms with Crippen LogP contribution in [0.25, 0.3) is 0 Å². The number of carbonyl (C=O) groups is 1. The molecule has 0 aliphatic heterocycles. The molecule has 2 saturated carbocycles. The molecule has 0 spiro atoms. The SMILES string of the molecule is CC(=O)[C]1[CH][CH][CH][C]1I.[CH]1[CH][CH][CH][CH]1.[Fe+2]. The molecular formula is C12H11FeIO+2. The van der Waals surface area contributed by atoms with Gasteiger partial charge in [-0.25, -0.2) is 0 Å². The number of carbonyl (C=O) groups excluding carboxylic acids is 1. The normalized spacial score (nSPS) is 21.7. The maximum Gasteiger partial charge on any atom is 2.00 e. The third kappa shape index (κ3) is 6.28. The molecule has 0 N–H and O–H groups in total. The number of hydrogen-bond donors (Lipinski definition) is 0. The Balaban J connectivity index is 0.000000280. The van der Waals surface area contributed by atoms with Crippen LogP contribution >= 0.6 is 22.6 Å². The summed E-state index contributed by atoms with van der Waals surface area (Å²) in [6.07, 6.45) is 15.7. The monoisotopic (exact) mass is 354 g/mol. The van der Waals surface area contributed by atoms with E-state index in [0.29, 0.717) is 0 Å². The molecule has 2 aliphatic carbocycles. The van der Waals surface area contributed by atoms with Gasteiger partial charge in [0.05, 0.1) is 9.84 Å². The zero-order valence-electron chi connectivity index (χ0n) is 8.26. The summed E-state index contributed by atoms with van der Waals surface area (Å²) in [5.74, 6) is 0.972.